The van der Waals surface area contributed by atoms with Crippen molar-refractivity contribution in [2.24, 2.45) is 0 Å². The Hall–Kier alpha value is -3.10. The molecular weight excluding hydrogens is 561 g/mol. The molecule has 1 aliphatic carbocycles. The fourth-order valence-corrected chi connectivity index (χ4v) is 16.5. The normalized spacial score (nSPS) is 18.4. The summed E-state index contributed by atoms with van der Waals surface area (Å²) in [6, 6.07) is 42.8. The SMILES string of the molecule is CC(C)(C)[Si](OC1CC(=O)CC(O[Si](c2ccccc2)(c2ccccc2)C(C)(C)C)C1)(c1ccccc1)c1ccccc1. The van der Waals surface area contributed by atoms with Crippen molar-refractivity contribution in [3.8, 4) is 0 Å². The summed E-state index contributed by atoms with van der Waals surface area (Å²) in [4.78, 5) is 13.6. The molecule has 0 heterocycles. The van der Waals surface area contributed by atoms with Gasteiger partial charge in [0.05, 0.1) is 12.2 Å². The summed E-state index contributed by atoms with van der Waals surface area (Å²) < 4.78 is 15.0. The maximum absolute atomic E-state index is 13.6. The minimum Gasteiger partial charge on any atom is -0.404 e. The summed E-state index contributed by atoms with van der Waals surface area (Å²) in [6.45, 7) is 13.8. The van der Waals surface area contributed by atoms with Crippen LogP contribution in [0.5, 0.6) is 0 Å². The van der Waals surface area contributed by atoms with Crippen molar-refractivity contribution in [2.75, 3.05) is 0 Å². The monoisotopic (exact) mass is 606 g/mol. The molecule has 0 radical (unpaired) electrons. The van der Waals surface area contributed by atoms with E-state index in [1.54, 1.807) is 0 Å². The maximum Gasteiger partial charge on any atom is 0.261 e. The lowest BCUT2D eigenvalue weighted by Gasteiger charge is -2.48. The van der Waals surface area contributed by atoms with E-state index in [1.807, 2.05) is 0 Å². The van der Waals surface area contributed by atoms with E-state index in [9.17, 15) is 4.79 Å². The molecule has 1 aliphatic rings. The van der Waals surface area contributed by atoms with Crippen LogP contribution >= 0.6 is 0 Å². The topological polar surface area (TPSA) is 35.5 Å². The Labute approximate surface area is 260 Å². The number of carbonyl (C=O) groups is 1. The highest BCUT2D eigenvalue weighted by Gasteiger charge is 2.54. The van der Waals surface area contributed by atoms with Gasteiger partial charge in [0, 0.05) is 12.8 Å². The van der Waals surface area contributed by atoms with Gasteiger partial charge in [-0.25, -0.2) is 0 Å². The number of benzene rings is 4. The van der Waals surface area contributed by atoms with Gasteiger partial charge in [-0.1, -0.05) is 163 Å². The first-order valence-corrected chi connectivity index (χ1v) is 19.4. The molecule has 1 saturated carbocycles. The summed E-state index contributed by atoms with van der Waals surface area (Å²) in [5.41, 5.74) is 0. The zero-order chi connectivity index (χ0) is 30.7. The molecule has 5 rings (SSSR count). The lowest BCUT2D eigenvalue weighted by atomic mass is 9.94. The minimum atomic E-state index is -2.82. The molecule has 0 aromatic heterocycles. The molecule has 0 spiro atoms. The van der Waals surface area contributed by atoms with Gasteiger partial charge in [-0.3, -0.25) is 4.79 Å². The Morgan fingerprint density at radius 1 is 0.488 bits per heavy atom. The van der Waals surface area contributed by atoms with Gasteiger partial charge in [0.15, 0.2) is 0 Å². The second-order valence-electron chi connectivity index (χ2n) is 14.0. The molecule has 0 amide bonds. The van der Waals surface area contributed by atoms with Gasteiger partial charge in [-0.2, -0.15) is 0 Å². The number of Topliss-reactive ketones (excluding diaryl/α,β-unsaturated/α-hetero) is 1. The molecule has 0 bridgehead atoms. The average Bonchev–Trinajstić information content (AvgIpc) is 2.99. The Kier molecular flexibility index (Phi) is 9.10. The average molecular weight is 607 g/mol. The van der Waals surface area contributed by atoms with Crippen molar-refractivity contribution in [1.82, 2.24) is 0 Å². The first-order chi connectivity index (χ1) is 20.5. The van der Waals surface area contributed by atoms with Crippen LogP contribution in [0.2, 0.25) is 10.1 Å². The van der Waals surface area contributed by atoms with Crippen molar-refractivity contribution >= 4 is 43.2 Å². The van der Waals surface area contributed by atoms with Crippen molar-refractivity contribution in [1.29, 1.82) is 0 Å². The highest BCUT2D eigenvalue weighted by atomic mass is 28.4. The van der Waals surface area contributed by atoms with E-state index in [0.29, 0.717) is 19.3 Å². The molecule has 4 aromatic rings. The van der Waals surface area contributed by atoms with Gasteiger partial charge < -0.3 is 8.85 Å². The van der Waals surface area contributed by atoms with Crippen molar-refractivity contribution < 1.29 is 13.6 Å². The van der Waals surface area contributed by atoms with Gasteiger partial charge >= 0.3 is 0 Å². The molecule has 43 heavy (non-hydrogen) atoms. The third-order valence-electron chi connectivity index (χ3n) is 8.96. The lowest BCUT2D eigenvalue weighted by molar-refractivity contribution is -0.125. The van der Waals surface area contributed by atoms with Crippen molar-refractivity contribution in [3.05, 3.63) is 121 Å². The van der Waals surface area contributed by atoms with Gasteiger partial charge in [-0.05, 0) is 37.2 Å². The number of hydrogen-bond acceptors (Lipinski definition) is 3. The summed E-state index contributed by atoms with van der Waals surface area (Å²) in [7, 11) is -5.63. The van der Waals surface area contributed by atoms with Gasteiger partial charge in [0.25, 0.3) is 16.6 Å². The van der Waals surface area contributed by atoms with E-state index < -0.39 is 16.6 Å². The van der Waals surface area contributed by atoms with E-state index in [1.165, 1.54) is 20.7 Å². The predicted octanol–water partition coefficient (Wildman–Crippen LogP) is 6.63. The number of ketones is 1. The molecule has 2 unspecified atom stereocenters. The van der Waals surface area contributed by atoms with E-state index in [0.717, 1.165) is 0 Å². The van der Waals surface area contributed by atoms with Gasteiger partial charge in [0.1, 0.15) is 5.78 Å². The smallest absolute Gasteiger partial charge is 0.261 e. The highest BCUT2D eigenvalue weighted by molar-refractivity contribution is 7.00. The Morgan fingerprint density at radius 2 is 0.744 bits per heavy atom. The molecular formula is C38H46O3Si2. The van der Waals surface area contributed by atoms with E-state index >= 15 is 0 Å². The fraction of sp³-hybridized carbons (Fsp3) is 0.342. The summed E-state index contributed by atoms with van der Waals surface area (Å²) in [5.74, 6) is 0.220. The summed E-state index contributed by atoms with van der Waals surface area (Å²) in [5, 5.41) is 4.61. The quantitative estimate of drug-likeness (QED) is 0.211. The fourth-order valence-electron chi connectivity index (χ4n) is 7.11. The molecule has 1 fully saturated rings. The second-order valence-corrected chi connectivity index (χ2v) is 22.5. The van der Waals surface area contributed by atoms with Crippen molar-refractivity contribution in [3.63, 3.8) is 0 Å². The van der Waals surface area contributed by atoms with E-state index in [-0.39, 0.29) is 28.1 Å². The van der Waals surface area contributed by atoms with E-state index in [2.05, 4.69) is 163 Å². The number of rotatable bonds is 8. The Bertz CT molecular complexity index is 1280. The molecule has 3 nitrogen and oxygen atoms in total. The second kappa shape index (κ2) is 12.5. The molecule has 0 saturated heterocycles. The first kappa shape index (κ1) is 31.3. The summed E-state index contributed by atoms with van der Waals surface area (Å²) in [6.07, 6.45) is 1.09. The zero-order valence-electron chi connectivity index (χ0n) is 26.5. The van der Waals surface area contributed by atoms with Crippen LogP contribution in [0.15, 0.2) is 121 Å². The zero-order valence-corrected chi connectivity index (χ0v) is 28.5. The van der Waals surface area contributed by atoms with Crippen LogP contribution in [0.4, 0.5) is 0 Å². The third-order valence-corrected chi connectivity index (χ3v) is 19.1. The van der Waals surface area contributed by atoms with Crippen LogP contribution in [0.25, 0.3) is 0 Å². The molecule has 5 heteroatoms. The maximum atomic E-state index is 13.6. The van der Waals surface area contributed by atoms with Crippen LogP contribution in [0.3, 0.4) is 0 Å². The third kappa shape index (κ3) is 6.14. The van der Waals surface area contributed by atoms with Crippen LogP contribution in [0.1, 0.15) is 60.8 Å². The van der Waals surface area contributed by atoms with Crippen LogP contribution in [-0.2, 0) is 13.6 Å². The van der Waals surface area contributed by atoms with Gasteiger partial charge in [-0.15, -0.1) is 0 Å². The largest absolute Gasteiger partial charge is 0.404 e. The van der Waals surface area contributed by atoms with Crippen LogP contribution in [0, 0.1) is 0 Å². The summed E-state index contributed by atoms with van der Waals surface area (Å²) >= 11 is 0. The lowest BCUT2D eigenvalue weighted by Crippen LogP contribution is -2.69. The van der Waals surface area contributed by atoms with E-state index in [4.69, 9.17) is 8.85 Å². The Balaban J connectivity index is 1.57. The van der Waals surface area contributed by atoms with Crippen LogP contribution < -0.4 is 20.7 Å². The predicted molar refractivity (Wildman–Crippen MR) is 184 cm³/mol. The minimum absolute atomic E-state index is 0.162. The number of carbonyl (C=O) groups excluding carboxylic acids is 1. The van der Waals surface area contributed by atoms with Gasteiger partial charge in [0.2, 0.25) is 0 Å². The first-order valence-electron chi connectivity index (χ1n) is 15.6. The molecule has 2 atom stereocenters. The highest BCUT2D eigenvalue weighted by Crippen LogP contribution is 2.42. The Morgan fingerprint density at radius 3 is 0.977 bits per heavy atom. The standard InChI is InChI=1S/C38H46O3Si2/c1-37(2,3)42(33-19-11-7-12-20-33,34-21-13-8-14-22-34)40-31-27-30(39)28-32(29-31)41-43(38(4,5)6,35-23-15-9-16-24-35)36-25-17-10-18-26-36/h7-26,31-32H,27-29H2,1-6H3. The molecule has 0 aliphatic heterocycles. The molecule has 0 N–H and O–H groups in total. The van der Waals surface area contributed by atoms with Crippen molar-refractivity contribution in [2.45, 2.75) is 83.1 Å². The molecule has 224 valence electrons. The molecule has 4 aromatic carbocycles. The van der Waals surface area contributed by atoms with Crippen LogP contribution in [-0.4, -0.2) is 34.6 Å². The number of hydrogen-bond donors (Lipinski definition) is 0.